The van der Waals surface area contributed by atoms with Crippen molar-refractivity contribution in [3.63, 3.8) is 0 Å². The third-order valence-electron chi connectivity index (χ3n) is 6.01. The first-order valence-electron chi connectivity index (χ1n) is 13.4. The van der Waals surface area contributed by atoms with E-state index in [9.17, 15) is 24.3 Å². The zero-order valence-electron chi connectivity index (χ0n) is 24.2. The molecule has 2 unspecified atom stereocenters. The molecule has 2 atom stereocenters. The van der Waals surface area contributed by atoms with Gasteiger partial charge in [-0.15, -0.1) is 0 Å². The monoisotopic (exact) mass is 555 g/mol. The maximum atomic E-state index is 14.2. The quantitative estimate of drug-likeness (QED) is 0.340. The van der Waals surface area contributed by atoms with E-state index in [2.05, 4.69) is 15.4 Å². The number of rotatable bonds is 12. The number of carbonyl (C=O) groups excluding carboxylic acids is 4. The van der Waals surface area contributed by atoms with Crippen LogP contribution in [0.2, 0.25) is 0 Å². The van der Waals surface area contributed by atoms with Gasteiger partial charge in [0.15, 0.2) is 0 Å². The fourth-order valence-electron chi connectivity index (χ4n) is 4.06. The summed E-state index contributed by atoms with van der Waals surface area (Å²) < 4.78 is 10.1. The molecule has 0 bridgehead atoms. The lowest BCUT2D eigenvalue weighted by atomic mass is 9.98. The van der Waals surface area contributed by atoms with Crippen molar-refractivity contribution in [2.45, 2.75) is 71.6 Å². The second-order valence-corrected chi connectivity index (χ2v) is 10.4. The first-order valence-corrected chi connectivity index (χ1v) is 13.4. The topological polar surface area (TPSA) is 134 Å². The molecule has 0 fully saturated rings. The number of phenolic OH excluding ortho intramolecular Hbond substituents is 1. The van der Waals surface area contributed by atoms with Crippen molar-refractivity contribution >= 4 is 23.9 Å². The molecule has 0 aliphatic carbocycles. The van der Waals surface area contributed by atoms with Crippen molar-refractivity contribution in [2.24, 2.45) is 0 Å². The van der Waals surface area contributed by atoms with Crippen molar-refractivity contribution in [1.82, 2.24) is 15.5 Å². The molecule has 2 rings (SSSR count). The summed E-state index contributed by atoms with van der Waals surface area (Å²) in [5.41, 5.74) is 1.50. The molecule has 0 aliphatic heterocycles. The first kappa shape index (κ1) is 32.1. The zero-order chi connectivity index (χ0) is 29.9. The number of amides is 3. The Kier molecular flexibility index (Phi) is 12.0. The minimum absolute atomic E-state index is 0.0669. The van der Waals surface area contributed by atoms with E-state index < -0.39 is 41.6 Å². The van der Waals surface area contributed by atoms with Crippen LogP contribution in [0.3, 0.4) is 0 Å². The molecule has 0 aromatic heterocycles. The van der Waals surface area contributed by atoms with Crippen LogP contribution < -0.4 is 10.6 Å². The molecule has 3 amide bonds. The Balaban J connectivity index is 2.52. The number of esters is 1. The Hall–Kier alpha value is -4.08. The van der Waals surface area contributed by atoms with Gasteiger partial charge in [-0.05, 0) is 62.4 Å². The van der Waals surface area contributed by atoms with E-state index in [0.29, 0.717) is 17.5 Å². The third-order valence-corrected chi connectivity index (χ3v) is 6.01. The highest BCUT2D eigenvalue weighted by Gasteiger charge is 2.36. The highest BCUT2D eigenvalue weighted by molar-refractivity contribution is 5.93. The second-order valence-electron chi connectivity index (χ2n) is 10.4. The molecule has 0 saturated heterocycles. The van der Waals surface area contributed by atoms with Gasteiger partial charge in [0.1, 0.15) is 30.0 Å². The van der Waals surface area contributed by atoms with Crippen LogP contribution in [0.5, 0.6) is 5.75 Å². The molecular formula is C30H41N3O7. The van der Waals surface area contributed by atoms with Gasteiger partial charge in [-0.1, -0.05) is 50.2 Å². The molecule has 0 aliphatic rings. The smallest absolute Gasteiger partial charge is 0.408 e. The van der Waals surface area contributed by atoms with E-state index in [1.807, 2.05) is 26.0 Å². The number of methoxy groups -OCH3 is 1. The summed E-state index contributed by atoms with van der Waals surface area (Å²) in [5, 5.41) is 14.9. The van der Waals surface area contributed by atoms with Gasteiger partial charge in [-0.3, -0.25) is 14.4 Å². The number of nitrogens with zero attached hydrogens (tertiary/aromatic N) is 1. The predicted octanol–water partition coefficient (Wildman–Crippen LogP) is 3.66. The third kappa shape index (κ3) is 9.91. The average Bonchev–Trinajstić information content (AvgIpc) is 2.91. The van der Waals surface area contributed by atoms with E-state index in [1.54, 1.807) is 45.0 Å². The van der Waals surface area contributed by atoms with Gasteiger partial charge in [0, 0.05) is 13.0 Å². The number of hydrogen-bond acceptors (Lipinski definition) is 7. The van der Waals surface area contributed by atoms with Crippen LogP contribution in [0.1, 0.15) is 63.8 Å². The van der Waals surface area contributed by atoms with E-state index in [-0.39, 0.29) is 25.3 Å². The molecule has 10 heteroatoms. The van der Waals surface area contributed by atoms with Gasteiger partial charge >= 0.3 is 12.1 Å². The Labute approximate surface area is 236 Å². The molecule has 2 aromatic carbocycles. The Bertz CT molecular complexity index is 1140. The van der Waals surface area contributed by atoms with Gasteiger partial charge in [0.2, 0.25) is 11.8 Å². The number of aromatic hydroxyl groups is 1. The number of hydrogen-bond donors (Lipinski definition) is 3. The van der Waals surface area contributed by atoms with Crippen molar-refractivity contribution in [2.75, 3.05) is 20.2 Å². The van der Waals surface area contributed by atoms with Crippen LogP contribution >= 0.6 is 0 Å². The highest BCUT2D eigenvalue weighted by atomic mass is 16.6. The normalized spacial score (nSPS) is 12.6. The van der Waals surface area contributed by atoms with Crippen molar-refractivity contribution in [3.8, 4) is 5.75 Å². The molecule has 0 radical (unpaired) electrons. The molecule has 0 saturated carbocycles. The van der Waals surface area contributed by atoms with Crippen LogP contribution in [0.4, 0.5) is 4.79 Å². The zero-order valence-corrected chi connectivity index (χ0v) is 24.2. The molecule has 10 nitrogen and oxygen atoms in total. The summed E-state index contributed by atoms with van der Waals surface area (Å²) in [5.74, 6) is -1.62. The fraction of sp³-hybridized carbons (Fsp3) is 0.467. The number of aryl methyl sites for hydroxylation is 1. The Morgan fingerprint density at radius 2 is 1.55 bits per heavy atom. The van der Waals surface area contributed by atoms with E-state index in [0.717, 1.165) is 12.0 Å². The number of carbonyl (C=O) groups is 4. The van der Waals surface area contributed by atoms with Crippen molar-refractivity contribution in [3.05, 3.63) is 65.2 Å². The lowest BCUT2D eigenvalue weighted by Crippen LogP contribution is -2.54. The maximum absolute atomic E-state index is 14.2. The molecular weight excluding hydrogens is 514 g/mol. The first-order chi connectivity index (χ1) is 18.9. The maximum Gasteiger partial charge on any atom is 0.408 e. The lowest BCUT2D eigenvalue weighted by Gasteiger charge is -2.34. The second kappa shape index (κ2) is 14.9. The van der Waals surface area contributed by atoms with E-state index in [1.165, 1.54) is 24.1 Å². The molecule has 0 heterocycles. The summed E-state index contributed by atoms with van der Waals surface area (Å²) in [4.78, 5) is 53.6. The lowest BCUT2D eigenvalue weighted by molar-refractivity contribution is -0.144. The van der Waals surface area contributed by atoms with E-state index in [4.69, 9.17) is 4.74 Å². The summed E-state index contributed by atoms with van der Waals surface area (Å²) in [6, 6.07) is 11.5. The Morgan fingerprint density at radius 3 is 2.08 bits per heavy atom. The summed E-state index contributed by atoms with van der Waals surface area (Å²) in [7, 11) is 1.22. The van der Waals surface area contributed by atoms with Crippen LogP contribution in [0.15, 0.2) is 48.5 Å². The van der Waals surface area contributed by atoms with Crippen molar-refractivity contribution in [1.29, 1.82) is 0 Å². The van der Waals surface area contributed by atoms with E-state index >= 15 is 0 Å². The predicted molar refractivity (Wildman–Crippen MR) is 151 cm³/mol. The number of benzene rings is 2. The summed E-state index contributed by atoms with van der Waals surface area (Å²) in [6.07, 6.45) is 0.632. The van der Waals surface area contributed by atoms with Gasteiger partial charge in [-0.2, -0.15) is 0 Å². The SMILES string of the molecule is CCCN(C(=O)C(Cc1ccc(O)cc1)NC(=O)OC(C)(C)C)C(C(=O)NCC(=O)OC)c1ccc(CC)cc1. The van der Waals surface area contributed by atoms with Crippen LogP contribution in [-0.4, -0.2) is 65.7 Å². The van der Waals surface area contributed by atoms with Crippen molar-refractivity contribution < 1.29 is 33.8 Å². The van der Waals surface area contributed by atoms with Crippen LogP contribution in [0, 0.1) is 0 Å². The molecule has 218 valence electrons. The minimum Gasteiger partial charge on any atom is -0.508 e. The van der Waals surface area contributed by atoms with Gasteiger partial charge in [0.25, 0.3) is 0 Å². The van der Waals surface area contributed by atoms with Crippen LogP contribution in [0.25, 0.3) is 0 Å². The molecule has 40 heavy (non-hydrogen) atoms. The molecule has 2 aromatic rings. The number of alkyl carbamates (subject to hydrolysis) is 1. The average molecular weight is 556 g/mol. The van der Waals surface area contributed by atoms with Gasteiger partial charge < -0.3 is 30.1 Å². The Morgan fingerprint density at radius 1 is 0.950 bits per heavy atom. The van der Waals surface area contributed by atoms with Gasteiger partial charge in [-0.25, -0.2) is 4.79 Å². The largest absolute Gasteiger partial charge is 0.508 e. The summed E-state index contributed by atoms with van der Waals surface area (Å²) >= 11 is 0. The molecule has 3 N–H and O–H groups in total. The minimum atomic E-state index is -1.09. The standard InChI is InChI=1S/C30H41N3O7/c1-7-17-33(26(27(36)31-19-25(35)39-6)22-13-9-20(8-2)10-14-22)28(37)24(32-29(38)40-30(3,4)5)18-21-11-15-23(34)16-12-21/h9-16,24,26,34H,7-8,17-19H2,1-6H3,(H,31,36)(H,32,38). The number of phenols is 1. The van der Waals surface area contributed by atoms with Crippen LogP contribution in [-0.2, 0) is 36.7 Å². The van der Waals surface area contributed by atoms with Gasteiger partial charge in [0.05, 0.1) is 7.11 Å². The number of nitrogens with one attached hydrogen (secondary N) is 2. The fourth-order valence-corrected chi connectivity index (χ4v) is 4.06. The highest BCUT2D eigenvalue weighted by Crippen LogP contribution is 2.25. The molecule has 0 spiro atoms. The summed E-state index contributed by atoms with van der Waals surface area (Å²) in [6.45, 7) is 8.88. The number of ether oxygens (including phenoxy) is 2.